The van der Waals surface area contributed by atoms with Gasteiger partial charge in [-0.2, -0.15) is 0 Å². The van der Waals surface area contributed by atoms with Crippen LogP contribution in [0.15, 0.2) is 5.16 Å². The summed E-state index contributed by atoms with van der Waals surface area (Å²) in [6, 6.07) is 0.710. The average Bonchev–Trinajstić information content (AvgIpc) is 3.28. The van der Waals surface area contributed by atoms with Crippen molar-refractivity contribution >= 4 is 11.8 Å². The van der Waals surface area contributed by atoms with Gasteiger partial charge in [0.25, 0.3) is 0 Å². The molecule has 2 aliphatic carbocycles. The fourth-order valence-electron chi connectivity index (χ4n) is 2.27. The Balaban J connectivity index is 1.57. The van der Waals surface area contributed by atoms with E-state index in [9.17, 15) is 0 Å². The molecule has 1 heterocycles. The molecule has 2 aliphatic rings. The molecule has 0 spiro atoms. The van der Waals surface area contributed by atoms with Crippen molar-refractivity contribution in [3.05, 3.63) is 5.82 Å². The van der Waals surface area contributed by atoms with Gasteiger partial charge >= 0.3 is 0 Å². The number of unbranched alkanes of at least 4 members (excludes halogenated alkanes) is 2. The second-order valence-corrected chi connectivity index (χ2v) is 6.48. The van der Waals surface area contributed by atoms with E-state index in [1.165, 1.54) is 44.3 Å². The normalized spacial score (nSPS) is 19.4. The topological polar surface area (TPSA) is 56.7 Å². The van der Waals surface area contributed by atoms with Crippen LogP contribution in [0.1, 0.15) is 62.7 Å². The number of hydrogen-bond donors (Lipinski definition) is 1. The molecule has 100 valence electrons. The number of thioether (sulfide) groups is 1. The largest absolute Gasteiger partial charge is 0.330 e. The van der Waals surface area contributed by atoms with Crippen molar-refractivity contribution in [3.63, 3.8) is 0 Å². The third-order valence-corrected chi connectivity index (χ3v) is 4.65. The SMILES string of the molecule is NCCCCCSc1nnc(C2CC2)n1C1CC1. The molecule has 0 bridgehead atoms. The number of nitrogens with zero attached hydrogens (tertiary/aromatic N) is 3. The highest BCUT2D eigenvalue weighted by Gasteiger charge is 2.36. The number of hydrogen-bond acceptors (Lipinski definition) is 4. The zero-order valence-electron chi connectivity index (χ0n) is 10.8. The third kappa shape index (κ3) is 2.88. The fourth-order valence-corrected chi connectivity index (χ4v) is 3.28. The van der Waals surface area contributed by atoms with E-state index in [2.05, 4.69) is 14.8 Å². The standard InChI is InChI=1S/C13H22N4S/c14-8-2-1-3-9-18-13-16-15-12(10-4-5-10)17(13)11-6-7-11/h10-11H,1-9,14H2. The first-order chi connectivity index (χ1) is 8.90. The third-order valence-electron chi connectivity index (χ3n) is 3.63. The molecule has 2 fully saturated rings. The van der Waals surface area contributed by atoms with Gasteiger partial charge in [-0.3, -0.25) is 0 Å². The first-order valence-corrected chi connectivity index (χ1v) is 8.16. The molecule has 0 aliphatic heterocycles. The first-order valence-electron chi connectivity index (χ1n) is 7.18. The van der Waals surface area contributed by atoms with Gasteiger partial charge in [0.05, 0.1) is 0 Å². The summed E-state index contributed by atoms with van der Waals surface area (Å²) >= 11 is 1.88. The molecule has 18 heavy (non-hydrogen) atoms. The molecule has 3 rings (SSSR count). The number of nitrogens with two attached hydrogens (primary N) is 1. The summed E-state index contributed by atoms with van der Waals surface area (Å²) in [6.07, 6.45) is 8.87. The van der Waals surface area contributed by atoms with Crippen LogP contribution >= 0.6 is 11.8 Å². The van der Waals surface area contributed by atoms with Crippen molar-refractivity contribution in [2.24, 2.45) is 5.73 Å². The van der Waals surface area contributed by atoms with E-state index in [0.29, 0.717) is 12.0 Å². The van der Waals surface area contributed by atoms with Crippen LogP contribution in [0.4, 0.5) is 0 Å². The molecule has 4 nitrogen and oxygen atoms in total. The second-order valence-electron chi connectivity index (χ2n) is 5.41. The molecule has 5 heteroatoms. The quantitative estimate of drug-likeness (QED) is 0.580. The van der Waals surface area contributed by atoms with Gasteiger partial charge in [-0.15, -0.1) is 10.2 Å². The Morgan fingerprint density at radius 2 is 1.94 bits per heavy atom. The minimum absolute atomic E-state index is 0.710. The predicted octanol–water partition coefficient (Wildman–Crippen LogP) is 2.71. The van der Waals surface area contributed by atoms with Crippen LogP contribution in [-0.4, -0.2) is 27.1 Å². The van der Waals surface area contributed by atoms with Gasteiger partial charge in [0.2, 0.25) is 0 Å². The maximum Gasteiger partial charge on any atom is 0.191 e. The van der Waals surface area contributed by atoms with Crippen molar-refractivity contribution in [1.29, 1.82) is 0 Å². The van der Waals surface area contributed by atoms with Crippen LogP contribution in [0.25, 0.3) is 0 Å². The van der Waals surface area contributed by atoms with Crippen molar-refractivity contribution in [2.45, 2.75) is 62.1 Å². The fraction of sp³-hybridized carbons (Fsp3) is 0.846. The molecular formula is C13H22N4S. The minimum Gasteiger partial charge on any atom is -0.330 e. The Bertz CT molecular complexity index is 396. The van der Waals surface area contributed by atoms with Gasteiger partial charge in [0.15, 0.2) is 5.16 Å². The van der Waals surface area contributed by atoms with Gasteiger partial charge in [0.1, 0.15) is 5.82 Å². The molecule has 0 atom stereocenters. The zero-order chi connectivity index (χ0) is 12.4. The smallest absolute Gasteiger partial charge is 0.191 e. The van der Waals surface area contributed by atoms with E-state index < -0.39 is 0 Å². The second kappa shape index (κ2) is 5.61. The van der Waals surface area contributed by atoms with Crippen LogP contribution in [0.2, 0.25) is 0 Å². The molecule has 0 saturated heterocycles. The van der Waals surface area contributed by atoms with Crippen molar-refractivity contribution in [3.8, 4) is 0 Å². The highest BCUT2D eigenvalue weighted by molar-refractivity contribution is 7.99. The van der Waals surface area contributed by atoms with Gasteiger partial charge in [-0.05, 0) is 45.1 Å². The highest BCUT2D eigenvalue weighted by Crippen LogP contribution is 2.45. The summed E-state index contributed by atoms with van der Waals surface area (Å²) in [7, 11) is 0. The lowest BCUT2D eigenvalue weighted by atomic mass is 10.2. The summed E-state index contributed by atoms with van der Waals surface area (Å²) in [4.78, 5) is 0. The molecular weight excluding hydrogens is 244 g/mol. The number of rotatable bonds is 8. The van der Waals surface area contributed by atoms with E-state index in [-0.39, 0.29) is 0 Å². The summed E-state index contributed by atoms with van der Waals surface area (Å²) in [5.41, 5.74) is 5.50. The Hall–Kier alpha value is -0.550. The van der Waals surface area contributed by atoms with Crippen LogP contribution in [0.5, 0.6) is 0 Å². The lowest BCUT2D eigenvalue weighted by molar-refractivity contribution is 0.626. The zero-order valence-corrected chi connectivity index (χ0v) is 11.7. The highest BCUT2D eigenvalue weighted by atomic mass is 32.2. The van der Waals surface area contributed by atoms with Crippen molar-refractivity contribution in [2.75, 3.05) is 12.3 Å². The Labute approximate surface area is 113 Å². The molecule has 0 radical (unpaired) electrons. The van der Waals surface area contributed by atoms with Gasteiger partial charge in [-0.1, -0.05) is 18.2 Å². The first kappa shape index (κ1) is 12.5. The minimum atomic E-state index is 0.710. The van der Waals surface area contributed by atoms with Crippen LogP contribution in [-0.2, 0) is 0 Å². The summed E-state index contributed by atoms with van der Waals surface area (Å²) in [5.74, 6) is 3.13. The van der Waals surface area contributed by atoms with E-state index >= 15 is 0 Å². The van der Waals surface area contributed by atoms with E-state index in [1.807, 2.05) is 11.8 Å². The van der Waals surface area contributed by atoms with E-state index in [0.717, 1.165) is 23.9 Å². The molecule has 1 aromatic rings. The Morgan fingerprint density at radius 1 is 1.11 bits per heavy atom. The molecule has 0 aromatic carbocycles. The lowest BCUT2D eigenvalue weighted by Gasteiger charge is -2.07. The van der Waals surface area contributed by atoms with Crippen molar-refractivity contribution < 1.29 is 0 Å². The molecule has 2 N–H and O–H groups in total. The Kier molecular flexibility index (Phi) is 3.89. The van der Waals surface area contributed by atoms with Gasteiger partial charge in [-0.25, -0.2) is 0 Å². The maximum atomic E-state index is 5.50. The lowest BCUT2D eigenvalue weighted by Crippen LogP contribution is -2.02. The van der Waals surface area contributed by atoms with Crippen LogP contribution in [0.3, 0.4) is 0 Å². The predicted molar refractivity (Wildman–Crippen MR) is 73.9 cm³/mol. The van der Waals surface area contributed by atoms with E-state index in [1.54, 1.807) is 0 Å². The maximum absolute atomic E-state index is 5.50. The van der Waals surface area contributed by atoms with Crippen molar-refractivity contribution in [1.82, 2.24) is 14.8 Å². The Morgan fingerprint density at radius 3 is 2.61 bits per heavy atom. The van der Waals surface area contributed by atoms with E-state index in [4.69, 9.17) is 5.73 Å². The number of aromatic nitrogens is 3. The monoisotopic (exact) mass is 266 g/mol. The average molecular weight is 266 g/mol. The molecule has 0 unspecified atom stereocenters. The molecule has 1 aromatic heterocycles. The summed E-state index contributed by atoms with van der Waals surface area (Å²) < 4.78 is 2.44. The summed E-state index contributed by atoms with van der Waals surface area (Å²) in [6.45, 7) is 0.814. The van der Waals surface area contributed by atoms with Crippen LogP contribution in [0, 0.1) is 0 Å². The van der Waals surface area contributed by atoms with Gasteiger partial charge < -0.3 is 10.3 Å². The molecule has 2 saturated carbocycles. The summed E-state index contributed by atoms with van der Waals surface area (Å²) in [5, 5.41) is 9.99. The molecule has 0 amide bonds. The van der Waals surface area contributed by atoms with Crippen LogP contribution < -0.4 is 5.73 Å². The van der Waals surface area contributed by atoms with Gasteiger partial charge in [0, 0.05) is 17.7 Å².